The van der Waals surface area contributed by atoms with Gasteiger partial charge in [-0.3, -0.25) is 4.79 Å². The van der Waals surface area contributed by atoms with Crippen molar-refractivity contribution in [3.63, 3.8) is 0 Å². The van der Waals surface area contributed by atoms with E-state index < -0.39 is 0 Å². The van der Waals surface area contributed by atoms with Gasteiger partial charge in [-0.15, -0.1) is 11.6 Å². The van der Waals surface area contributed by atoms with Crippen molar-refractivity contribution >= 4 is 29.0 Å². The van der Waals surface area contributed by atoms with Crippen LogP contribution in [-0.4, -0.2) is 29.9 Å². The lowest BCUT2D eigenvalue weighted by molar-refractivity contribution is -0.116. The Hall–Kier alpha value is -1.29. The molecule has 18 heavy (non-hydrogen) atoms. The second kappa shape index (κ2) is 7.93. The van der Waals surface area contributed by atoms with Gasteiger partial charge in [0.25, 0.3) is 0 Å². The molecule has 0 spiro atoms. The Morgan fingerprint density at radius 2 is 2.11 bits per heavy atom. The number of carbonyl (C=O) groups is 1. The van der Waals surface area contributed by atoms with Crippen molar-refractivity contribution in [1.82, 2.24) is 4.98 Å². The number of hydrogen-bond donors (Lipinski definition) is 1. The maximum atomic E-state index is 11.5. The predicted octanol–water partition coefficient (Wildman–Crippen LogP) is 2.89. The zero-order valence-corrected chi connectivity index (χ0v) is 11.7. The third-order valence-corrected chi connectivity index (χ3v) is 2.92. The molecule has 1 heterocycles. The summed E-state index contributed by atoms with van der Waals surface area (Å²) in [5.74, 6) is 1.42. The lowest BCUT2D eigenvalue weighted by Gasteiger charge is -2.19. The molecule has 0 aliphatic carbocycles. The van der Waals surface area contributed by atoms with E-state index in [0.717, 1.165) is 24.6 Å². The van der Waals surface area contributed by atoms with E-state index in [9.17, 15) is 4.79 Å². The number of aromatic nitrogens is 1. The quantitative estimate of drug-likeness (QED) is 0.774. The van der Waals surface area contributed by atoms with Gasteiger partial charge in [-0.1, -0.05) is 0 Å². The molecule has 0 bridgehead atoms. The fourth-order valence-corrected chi connectivity index (χ4v) is 1.78. The summed E-state index contributed by atoms with van der Waals surface area (Å²) in [5, 5.41) is 2.80. The number of halogens is 1. The van der Waals surface area contributed by atoms with Crippen molar-refractivity contribution in [2.75, 3.05) is 29.2 Å². The summed E-state index contributed by atoms with van der Waals surface area (Å²) in [4.78, 5) is 18.0. The van der Waals surface area contributed by atoms with Crippen molar-refractivity contribution in [2.45, 2.75) is 26.7 Å². The molecule has 1 amide bonds. The van der Waals surface area contributed by atoms with Gasteiger partial charge in [0.05, 0.1) is 11.9 Å². The van der Waals surface area contributed by atoms with E-state index >= 15 is 0 Å². The molecule has 0 aromatic carbocycles. The normalized spacial score (nSPS) is 10.2. The van der Waals surface area contributed by atoms with Crippen molar-refractivity contribution < 1.29 is 4.79 Å². The number of amides is 1. The molecule has 1 aromatic heterocycles. The second-order valence-electron chi connectivity index (χ2n) is 3.92. The first kappa shape index (κ1) is 14.8. The average molecular weight is 270 g/mol. The van der Waals surface area contributed by atoms with Gasteiger partial charge >= 0.3 is 0 Å². The minimum absolute atomic E-state index is 0.0203. The summed E-state index contributed by atoms with van der Waals surface area (Å²) in [6, 6.07) is 3.80. The van der Waals surface area contributed by atoms with E-state index in [1.807, 2.05) is 12.1 Å². The van der Waals surface area contributed by atoms with Crippen LogP contribution in [0.25, 0.3) is 0 Å². The molecule has 1 aromatic rings. The van der Waals surface area contributed by atoms with Gasteiger partial charge in [-0.25, -0.2) is 4.98 Å². The SMILES string of the molecule is CCN(CC)c1ccc(NC(=O)CCCCl)cn1. The standard InChI is InChI=1S/C13H20ClN3O/c1-3-17(4-2)12-8-7-11(10-15-12)16-13(18)6-5-9-14/h7-8,10H,3-6,9H2,1-2H3,(H,16,18). The van der Waals surface area contributed by atoms with Gasteiger partial charge < -0.3 is 10.2 Å². The number of hydrogen-bond acceptors (Lipinski definition) is 3. The molecule has 1 N–H and O–H groups in total. The van der Waals surface area contributed by atoms with Gasteiger partial charge in [0, 0.05) is 25.4 Å². The Kier molecular flexibility index (Phi) is 6.50. The molecule has 5 heteroatoms. The smallest absolute Gasteiger partial charge is 0.224 e. The molecule has 100 valence electrons. The maximum Gasteiger partial charge on any atom is 0.224 e. The van der Waals surface area contributed by atoms with Crippen molar-refractivity contribution in [1.29, 1.82) is 0 Å². The average Bonchev–Trinajstić information content (AvgIpc) is 2.40. The van der Waals surface area contributed by atoms with Gasteiger partial charge in [0.1, 0.15) is 5.82 Å². The van der Waals surface area contributed by atoms with Gasteiger partial charge in [-0.2, -0.15) is 0 Å². The molecule has 0 radical (unpaired) electrons. The summed E-state index contributed by atoms with van der Waals surface area (Å²) in [6.07, 6.45) is 2.83. The number of carbonyl (C=O) groups excluding carboxylic acids is 1. The second-order valence-corrected chi connectivity index (χ2v) is 4.30. The summed E-state index contributed by atoms with van der Waals surface area (Å²) in [5.41, 5.74) is 0.727. The van der Waals surface area contributed by atoms with Crippen LogP contribution in [0.1, 0.15) is 26.7 Å². The van der Waals surface area contributed by atoms with Crippen LogP contribution < -0.4 is 10.2 Å². The Morgan fingerprint density at radius 1 is 1.39 bits per heavy atom. The van der Waals surface area contributed by atoms with Gasteiger partial charge in [0.15, 0.2) is 0 Å². The van der Waals surface area contributed by atoms with E-state index in [4.69, 9.17) is 11.6 Å². The van der Waals surface area contributed by atoms with E-state index in [0.29, 0.717) is 18.7 Å². The first-order valence-electron chi connectivity index (χ1n) is 6.28. The van der Waals surface area contributed by atoms with Gasteiger partial charge in [0.2, 0.25) is 5.91 Å². The molecule has 0 aliphatic rings. The minimum Gasteiger partial charge on any atom is -0.357 e. The Morgan fingerprint density at radius 3 is 2.61 bits per heavy atom. The Labute approximate surface area is 113 Å². The van der Waals surface area contributed by atoms with E-state index in [2.05, 4.69) is 29.0 Å². The van der Waals surface area contributed by atoms with Crippen LogP contribution in [-0.2, 0) is 4.79 Å². The lowest BCUT2D eigenvalue weighted by atomic mass is 10.3. The van der Waals surface area contributed by atoms with E-state index in [1.165, 1.54) is 0 Å². The highest BCUT2D eigenvalue weighted by Crippen LogP contribution is 2.14. The van der Waals surface area contributed by atoms with Crippen LogP contribution in [0.5, 0.6) is 0 Å². The molecule has 1 rings (SSSR count). The van der Waals surface area contributed by atoms with Crippen LogP contribution in [0.3, 0.4) is 0 Å². The summed E-state index contributed by atoms with van der Waals surface area (Å²) < 4.78 is 0. The molecular weight excluding hydrogens is 250 g/mol. The zero-order chi connectivity index (χ0) is 13.4. The largest absolute Gasteiger partial charge is 0.357 e. The van der Waals surface area contributed by atoms with Crippen LogP contribution in [0.2, 0.25) is 0 Å². The summed E-state index contributed by atoms with van der Waals surface area (Å²) in [7, 11) is 0. The van der Waals surface area contributed by atoms with Crippen molar-refractivity contribution in [3.8, 4) is 0 Å². The highest BCUT2D eigenvalue weighted by Gasteiger charge is 2.05. The fourth-order valence-electron chi connectivity index (χ4n) is 1.65. The van der Waals surface area contributed by atoms with Crippen molar-refractivity contribution in [2.24, 2.45) is 0 Å². The number of rotatable bonds is 7. The van der Waals surface area contributed by atoms with Crippen molar-refractivity contribution in [3.05, 3.63) is 18.3 Å². The molecular formula is C13H20ClN3O. The van der Waals surface area contributed by atoms with E-state index in [1.54, 1.807) is 6.20 Å². The molecule has 0 unspecified atom stereocenters. The number of anilines is 2. The molecule has 0 saturated carbocycles. The number of alkyl halides is 1. The molecule has 0 saturated heterocycles. The monoisotopic (exact) mass is 269 g/mol. The van der Waals surface area contributed by atoms with Crippen LogP contribution in [0.15, 0.2) is 18.3 Å². The predicted molar refractivity (Wildman–Crippen MR) is 76.4 cm³/mol. The minimum atomic E-state index is -0.0203. The fraction of sp³-hybridized carbons (Fsp3) is 0.538. The Balaban J connectivity index is 2.57. The first-order valence-corrected chi connectivity index (χ1v) is 6.81. The molecule has 0 fully saturated rings. The third kappa shape index (κ3) is 4.53. The number of nitrogens with zero attached hydrogens (tertiary/aromatic N) is 2. The molecule has 4 nitrogen and oxygen atoms in total. The highest BCUT2D eigenvalue weighted by molar-refractivity contribution is 6.18. The highest BCUT2D eigenvalue weighted by atomic mass is 35.5. The Bertz CT molecular complexity index is 363. The third-order valence-electron chi connectivity index (χ3n) is 2.66. The number of pyridine rings is 1. The van der Waals surface area contributed by atoms with Gasteiger partial charge in [-0.05, 0) is 32.4 Å². The van der Waals surface area contributed by atoms with Crippen LogP contribution in [0.4, 0.5) is 11.5 Å². The number of nitrogens with one attached hydrogen (secondary N) is 1. The first-order chi connectivity index (χ1) is 8.71. The molecule has 0 aliphatic heterocycles. The molecule has 0 atom stereocenters. The zero-order valence-electron chi connectivity index (χ0n) is 10.9. The summed E-state index contributed by atoms with van der Waals surface area (Å²) in [6.45, 7) is 6.02. The van der Waals surface area contributed by atoms with Crippen LogP contribution in [0, 0.1) is 0 Å². The van der Waals surface area contributed by atoms with E-state index in [-0.39, 0.29) is 5.91 Å². The maximum absolute atomic E-state index is 11.5. The lowest BCUT2D eigenvalue weighted by Crippen LogP contribution is -2.22. The van der Waals surface area contributed by atoms with Crippen LogP contribution >= 0.6 is 11.6 Å². The summed E-state index contributed by atoms with van der Waals surface area (Å²) >= 11 is 5.54. The topological polar surface area (TPSA) is 45.2 Å².